The van der Waals surface area contributed by atoms with Crippen LogP contribution in [0.5, 0.6) is 0 Å². The first-order chi connectivity index (χ1) is 15.8. The molecule has 1 aliphatic heterocycles. The van der Waals surface area contributed by atoms with Gasteiger partial charge in [0.2, 0.25) is 5.91 Å². The van der Waals surface area contributed by atoms with Crippen LogP contribution in [0.15, 0.2) is 35.6 Å². The summed E-state index contributed by atoms with van der Waals surface area (Å²) in [5, 5.41) is 7.53. The molecule has 182 valence electrons. The van der Waals surface area contributed by atoms with Crippen molar-refractivity contribution in [3.8, 4) is 0 Å². The fraction of sp³-hybridized carbons (Fsp3) is 0.400. The van der Waals surface area contributed by atoms with E-state index in [-0.39, 0.29) is 23.6 Å². The molecule has 2 aromatic heterocycles. The minimum atomic E-state index is -4.72. The molecular formula is C20H16ClF4N3O5S. The zero-order valence-corrected chi connectivity index (χ0v) is 18.7. The number of rotatable bonds is 5. The van der Waals surface area contributed by atoms with Crippen molar-refractivity contribution >= 4 is 33.3 Å². The highest BCUT2D eigenvalue weighted by Gasteiger charge is 2.59. The third-order valence-electron chi connectivity index (χ3n) is 6.02. The average Bonchev–Trinajstić information content (AvgIpc) is 3.42. The minimum Gasteiger partial charge on any atom is -0.480 e. The summed E-state index contributed by atoms with van der Waals surface area (Å²) in [4.78, 5) is 33.3. The molecule has 0 radical (unpaired) electrons. The number of carboxylic acid groups (broad SMARTS) is 1. The van der Waals surface area contributed by atoms with Crippen LogP contribution in [-0.2, 0) is 31.0 Å². The molecule has 3 heterocycles. The first-order valence-corrected chi connectivity index (χ1v) is 11.8. The van der Waals surface area contributed by atoms with Crippen molar-refractivity contribution in [3.05, 3.63) is 52.7 Å². The summed E-state index contributed by atoms with van der Waals surface area (Å²) in [5.41, 5.74) is -2.79. The summed E-state index contributed by atoms with van der Waals surface area (Å²) in [5.74, 6) is -3.10. The van der Waals surface area contributed by atoms with Gasteiger partial charge in [-0.25, -0.2) is 22.6 Å². The number of aliphatic carboxylic acids is 1. The van der Waals surface area contributed by atoms with Gasteiger partial charge < -0.3 is 10.0 Å². The molecule has 0 unspecified atom stereocenters. The van der Waals surface area contributed by atoms with Gasteiger partial charge in [-0.15, -0.1) is 0 Å². The Labute approximate surface area is 195 Å². The third kappa shape index (κ3) is 4.11. The number of likely N-dealkylation sites (tertiary alicyclic amines) is 1. The Morgan fingerprint density at radius 2 is 1.85 bits per heavy atom. The summed E-state index contributed by atoms with van der Waals surface area (Å²) in [6.45, 7) is -0.544. The number of carbonyl (C=O) groups is 2. The lowest BCUT2D eigenvalue weighted by Gasteiger charge is -2.26. The molecule has 0 bridgehead atoms. The smallest absolute Gasteiger partial charge is 0.417 e. The average molecular weight is 522 g/mol. The van der Waals surface area contributed by atoms with E-state index in [1.807, 2.05) is 0 Å². The standard InChI is InChI=1S/C20H16ClF4N3O5S/c21-11-5-13(22)16(27-8-11)19(3-4-19)18(31)28-9-12(6-14(28)17(29)30)34(32,33)15-2-1-10(7-26-15)20(23,24)25/h1-2,5,7-8,12,14H,3-4,6,9H2,(H,29,30)/t12-,14+/m1/s1. The summed E-state index contributed by atoms with van der Waals surface area (Å²) < 4.78 is 78.8. The van der Waals surface area contributed by atoms with E-state index in [2.05, 4.69) is 9.97 Å². The van der Waals surface area contributed by atoms with Crippen molar-refractivity contribution in [2.24, 2.45) is 0 Å². The van der Waals surface area contributed by atoms with Crippen molar-refractivity contribution in [2.45, 2.75) is 47.2 Å². The molecule has 0 spiro atoms. The Kier molecular flexibility index (Phi) is 5.83. The van der Waals surface area contributed by atoms with Crippen LogP contribution < -0.4 is 0 Å². The second-order valence-corrected chi connectivity index (χ2v) is 10.8. The van der Waals surface area contributed by atoms with Gasteiger partial charge >= 0.3 is 12.1 Å². The molecule has 4 rings (SSSR count). The Morgan fingerprint density at radius 3 is 2.35 bits per heavy atom. The second kappa shape index (κ2) is 8.15. The van der Waals surface area contributed by atoms with Crippen LogP contribution in [0.25, 0.3) is 0 Å². The van der Waals surface area contributed by atoms with E-state index < -0.39 is 74.0 Å². The van der Waals surface area contributed by atoms with Crippen molar-refractivity contribution in [3.63, 3.8) is 0 Å². The lowest BCUT2D eigenvalue weighted by atomic mass is 9.98. The fourth-order valence-electron chi connectivity index (χ4n) is 4.09. The topological polar surface area (TPSA) is 118 Å². The van der Waals surface area contributed by atoms with Crippen LogP contribution in [0.2, 0.25) is 5.02 Å². The van der Waals surface area contributed by atoms with Gasteiger partial charge in [-0.1, -0.05) is 11.6 Å². The molecule has 8 nitrogen and oxygen atoms in total. The zero-order chi connectivity index (χ0) is 25.1. The third-order valence-corrected chi connectivity index (χ3v) is 8.27. The van der Waals surface area contributed by atoms with E-state index in [9.17, 15) is 40.7 Å². The van der Waals surface area contributed by atoms with E-state index in [0.29, 0.717) is 18.3 Å². The highest BCUT2D eigenvalue weighted by atomic mass is 35.5. The van der Waals surface area contributed by atoms with E-state index in [1.165, 1.54) is 0 Å². The maximum Gasteiger partial charge on any atom is 0.417 e. The quantitative estimate of drug-likeness (QED) is 0.601. The fourth-order valence-corrected chi connectivity index (χ4v) is 5.82. The summed E-state index contributed by atoms with van der Waals surface area (Å²) >= 11 is 5.71. The molecule has 1 N–H and O–H groups in total. The van der Waals surface area contributed by atoms with Gasteiger partial charge in [-0.2, -0.15) is 13.2 Å². The zero-order valence-electron chi connectivity index (χ0n) is 17.1. The number of hydrogen-bond donors (Lipinski definition) is 1. The maximum atomic E-state index is 14.5. The molecule has 1 aliphatic carbocycles. The molecule has 1 amide bonds. The predicted octanol–water partition coefficient (Wildman–Crippen LogP) is 2.85. The molecule has 14 heteroatoms. The predicted molar refractivity (Wildman–Crippen MR) is 108 cm³/mol. The minimum absolute atomic E-state index is 0.00397. The van der Waals surface area contributed by atoms with Gasteiger partial charge in [0, 0.05) is 18.9 Å². The molecular weight excluding hydrogens is 506 g/mol. The number of hydrogen-bond acceptors (Lipinski definition) is 6. The Morgan fingerprint density at radius 1 is 1.18 bits per heavy atom. The number of sulfone groups is 1. The summed E-state index contributed by atoms with van der Waals surface area (Å²) in [7, 11) is -4.38. The van der Waals surface area contributed by atoms with Crippen molar-refractivity contribution < 1.29 is 40.7 Å². The molecule has 1 saturated carbocycles. The Bertz CT molecular complexity index is 1270. The number of alkyl halides is 3. The molecule has 2 atom stereocenters. The van der Waals surface area contributed by atoms with E-state index in [4.69, 9.17) is 11.6 Å². The van der Waals surface area contributed by atoms with Gasteiger partial charge in [-0.3, -0.25) is 9.78 Å². The summed E-state index contributed by atoms with van der Waals surface area (Å²) in [6.07, 6.45) is -3.35. The first kappa shape index (κ1) is 24.3. The van der Waals surface area contributed by atoms with Crippen molar-refractivity contribution in [2.75, 3.05) is 6.54 Å². The van der Waals surface area contributed by atoms with Gasteiger partial charge in [0.15, 0.2) is 14.9 Å². The molecule has 0 aromatic carbocycles. The van der Waals surface area contributed by atoms with Crippen LogP contribution in [0.3, 0.4) is 0 Å². The highest BCUT2D eigenvalue weighted by molar-refractivity contribution is 7.92. The number of carbonyl (C=O) groups excluding carboxylic acids is 1. The second-order valence-electron chi connectivity index (χ2n) is 8.16. The SMILES string of the molecule is O=C(O)[C@@H]1C[C@@H](S(=O)(=O)c2ccc(C(F)(F)F)cn2)CN1C(=O)C1(c2ncc(Cl)cc2F)CC1. The largest absolute Gasteiger partial charge is 0.480 e. The van der Waals surface area contributed by atoms with Crippen molar-refractivity contribution in [1.82, 2.24) is 14.9 Å². The Balaban J connectivity index is 1.63. The highest BCUT2D eigenvalue weighted by Crippen LogP contribution is 2.51. The summed E-state index contributed by atoms with van der Waals surface area (Å²) in [6, 6.07) is 0.683. The number of aromatic nitrogens is 2. The van der Waals surface area contributed by atoms with Crippen molar-refractivity contribution in [1.29, 1.82) is 0 Å². The lowest BCUT2D eigenvalue weighted by Crippen LogP contribution is -2.46. The first-order valence-electron chi connectivity index (χ1n) is 9.90. The number of carboxylic acids is 1. The van der Waals surface area contributed by atoms with Gasteiger partial charge in [-0.05, 0) is 37.5 Å². The molecule has 2 aromatic rings. The van der Waals surface area contributed by atoms with Gasteiger partial charge in [0.1, 0.15) is 11.9 Å². The monoisotopic (exact) mass is 521 g/mol. The Hall–Kier alpha value is -2.80. The number of nitrogens with zero attached hydrogens (tertiary/aromatic N) is 3. The number of amides is 1. The van der Waals surface area contributed by atoms with Crippen LogP contribution in [0.4, 0.5) is 17.6 Å². The van der Waals surface area contributed by atoms with E-state index >= 15 is 0 Å². The maximum absolute atomic E-state index is 14.5. The van der Waals surface area contributed by atoms with Gasteiger partial charge in [0.05, 0.1) is 26.9 Å². The molecule has 2 aliphatic rings. The normalized spacial score (nSPS) is 22.0. The van der Waals surface area contributed by atoms with Crippen LogP contribution in [-0.4, -0.2) is 58.1 Å². The lowest BCUT2D eigenvalue weighted by molar-refractivity contribution is -0.149. The van der Waals surface area contributed by atoms with E-state index in [1.54, 1.807) is 0 Å². The number of halogens is 5. The molecule has 34 heavy (non-hydrogen) atoms. The van der Waals surface area contributed by atoms with Crippen LogP contribution in [0.1, 0.15) is 30.5 Å². The molecule has 2 fully saturated rings. The van der Waals surface area contributed by atoms with Gasteiger partial charge in [0.25, 0.3) is 0 Å². The van der Waals surface area contributed by atoms with E-state index in [0.717, 1.165) is 17.2 Å². The van der Waals surface area contributed by atoms with Crippen LogP contribution >= 0.6 is 11.6 Å². The number of pyridine rings is 2. The molecule has 1 saturated heterocycles. The van der Waals surface area contributed by atoms with Crippen LogP contribution in [0, 0.1) is 5.82 Å².